The Kier molecular flexibility index (Phi) is 6.87. The topological polar surface area (TPSA) is 6.48 Å². The Labute approximate surface area is 188 Å². The molecule has 0 aromatic heterocycles. The molecule has 0 amide bonds. The molecule has 0 saturated heterocycles. The van der Waals surface area contributed by atoms with Crippen molar-refractivity contribution in [3.05, 3.63) is 71.1 Å². The van der Waals surface area contributed by atoms with E-state index in [0.717, 1.165) is 11.4 Å². The summed E-state index contributed by atoms with van der Waals surface area (Å²) in [5.41, 5.74) is 7.47. The predicted octanol–water partition coefficient (Wildman–Crippen LogP) is 8.50. The van der Waals surface area contributed by atoms with Crippen LogP contribution >= 0.6 is 11.6 Å². The van der Waals surface area contributed by atoms with E-state index in [1.165, 1.54) is 22.3 Å². The molecule has 2 aromatic carbocycles. The quantitative estimate of drug-likeness (QED) is 0.338. The van der Waals surface area contributed by atoms with Gasteiger partial charge in [-0.3, -0.25) is 0 Å². The summed E-state index contributed by atoms with van der Waals surface area (Å²) in [6, 6.07) is 13.8. The lowest BCUT2D eigenvalue weighted by Gasteiger charge is -2.30. The van der Waals surface area contributed by atoms with Crippen LogP contribution in [0.1, 0.15) is 101 Å². The molecule has 3 heteroatoms. The normalized spacial score (nSPS) is 15.0. The van der Waals surface area contributed by atoms with Gasteiger partial charge in [0.15, 0.2) is 5.62 Å². The molecule has 0 aliphatic carbocycles. The van der Waals surface area contributed by atoms with Crippen LogP contribution in [0.25, 0.3) is 0 Å². The lowest BCUT2D eigenvalue weighted by atomic mass is 9.94. The minimum Gasteiger partial charge on any atom is -0.313 e. The molecule has 1 aliphatic rings. The van der Waals surface area contributed by atoms with E-state index >= 15 is 0 Å². The average molecular weight is 425 g/mol. The van der Waals surface area contributed by atoms with Crippen molar-refractivity contribution in [1.29, 1.82) is 0 Å². The summed E-state index contributed by atoms with van der Waals surface area (Å²) in [5.74, 6) is 1.93. The molecule has 0 atom stereocenters. The van der Waals surface area contributed by atoms with Crippen molar-refractivity contribution in [2.45, 2.75) is 84.7 Å². The summed E-state index contributed by atoms with van der Waals surface area (Å²) in [6.45, 7) is 18.0. The highest BCUT2D eigenvalue weighted by Gasteiger charge is 2.28. The van der Waals surface area contributed by atoms with Gasteiger partial charge in [-0.1, -0.05) is 79.1 Å². The Morgan fingerprint density at radius 1 is 0.533 bits per heavy atom. The van der Waals surface area contributed by atoms with Crippen molar-refractivity contribution in [2.24, 2.45) is 0 Å². The van der Waals surface area contributed by atoms with Crippen LogP contribution in [0.5, 0.6) is 0 Å². The maximum atomic E-state index is 7.03. The zero-order chi connectivity index (χ0) is 22.2. The minimum atomic E-state index is -0.283. The van der Waals surface area contributed by atoms with Gasteiger partial charge in [0.2, 0.25) is 0 Å². The van der Waals surface area contributed by atoms with Crippen LogP contribution in [0, 0.1) is 0 Å². The van der Waals surface area contributed by atoms with Gasteiger partial charge in [-0.05, 0) is 70.2 Å². The number of alkyl halides is 1. The van der Waals surface area contributed by atoms with Crippen molar-refractivity contribution >= 4 is 23.0 Å². The Balaban J connectivity index is 1.98. The van der Waals surface area contributed by atoms with Gasteiger partial charge < -0.3 is 9.80 Å². The molecule has 0 bridgehead atoms. The first-order valence-electron chi connectivity index (χ1n) is 11.3. The average Bonchev–Trinajstić information content (AvgIpc) is 3.08. The Morgan fingerprint density at radius 3 is 1.03 bits per heavy atom. The molecular formula is C27H37ClN2. The van der Waals surface area contributed by atoms with E-state index in [0.29, 0.717) is 23.7 Å². The molecule has 0 spiro atoms. The van der Waals surface area contributed by atoms with Crippen LogP contribution in [0.3, 0.4) is 0 Å². The molecule has 30 heavy (non-hydrogen) atoms. The second kappa shape index (κ2) is 9.06. The minimum absolute atomic E-state index is 0.283. The van der Waals surface area contributed by atoms with Crippen LogP contribution in [-0.4, -0.2) is 5.62 Å². The Hall–Kier alpha value is -1.93. The van der Waals surface area contributed by atoms with Gasteiger partial charge in [-0.2, -0.15) is 0 Å². The van der Waals surface area contributed by atoms with E-state index in [1.54, 1.807) is 0 Å². The summed E-state index contributed by atoms with van der Waals surface area (Å²) < 4.78 is 0. The van der Waals surface area contributed by atoms with Gasteiger partial charge in [-0.15, -0.1) is 0 Å². The summed E-state index contributed by atoms with van der Waals surface area (Å²) in [7, 11) is 0. The van der Waals surface area contributed by atoms with E-state index in [2.05, 4.69) is 114 Å². The summed E-state index contributed by atoms with van der Waals surface area (Å²) in [6.07, 6.45) is 4.22. The summed E-state index contributed by atoms with van der Waals surface area (Å²) in [4.78, 5) is 4.35. The molecule has 0 fully saturated rings. The van der Waals surface area contributed by atoms with Gasteiger partial charge in [-0.25, -0.2) is 0 Å². The first-order valence-corrected chi connectivity index (χ1v) is 11.7. The largest absolute Gasteiger partial charge is 0.313 e. The Bertz CT molecular complexity index is 785. The highest BCUT2D eigenvalue weighted by atomic mass is 35.5. The van der Waals surface area contributed by atoms with Crippen molar-refractivity contribution in [3.63, 3.8) is 0 Å². The number of rotatable bonds is 6. The number of hydrogen-bond acceptors (Lipinski definition) is 2. The van der Waals surface area contributed by atoms with Gasteiger partial charge in [0.05, 0.1) is 0 Å². The molecule has 0 saturated carbocycles. The second-order valence-corrected chi connectivity index (χ2v) is 10.1. The monoisotopic (exact) mass is 424 g/mol. The highest BCUT2D eigenvalue weighted by molar-refractivity contribution is 6.23. The first kappa shape index (κ1) is 22.7. The second-order valence-electron chi connectivity index (χ2n) is 9.76. The van der Waals surface area contributed by atoms with E-state index in [-0.39, 0.29) is 5.62 Å². The molecule has 0 N–H and O–H groups in total. The molecular weight excluding hydrogens is 388 g/mol. The zero-order valence-corrected chi connectivity index (χ0v) is 20.5. The lowest BCUT2D eigenvalue weighted by molar-refractivity contribution is 0.820. The standard InChI is InChI=1S/C27H37ClN2/c1-17(2)21-11-22(18(3)4)14-25(13-21)29-9-10-30(27(29)28)26-15-23(19(5)6)12-24(16-26)20(7)8/h9-20,27H,1-8H3. The smallest absolute Gasteiger partial charge is 0.187 e. The van der Waals surface area contributed by atoms with E-state index in [9.17, 15) is 0 Å². The molecule has 1 aliphatic heterocycles. The van der Waals surface area contributed by atoms with E-state index < -0.39 is 0 Å². The van der Waals surface area contributed by atoms with Crippen molar-refractivity contribution in [1.82, 2.24) is 0 Å². The molecule has 0 unspecified atom stereocenters. The molecule has 1 heterocycles. The molecule has 2 nitrogen and oxygen atoms in total. The predicted molar refractivity (Wildman–Crippen MR) is 133 cm³/mol. The number of hydrogen-bond donors (Lipinski definition) is 0. The van der Waals surface area contributed by atoms with Crippen molar-refractivity contribution in [2.75, 3.05) is 9.80 Å². The third kappa shape index (κ3) is 4.70. The summed E-state index contributed by atoms with van der Waals surface area (Å²) >= 11 is 7.03. The fourth-order valence-corrected chi connectivity index (χ4v) is 4.14. The van der Waals surface area contributed by atoms with Crippen molar-refractivity contribution < 1.29 is 0 Å². The number of halogens is 1. The van der Waals surface area contributed by atoms with E-state index in [1.807, 2.05) is 0 Å². The fraction of sp³-hybridized carbons (Fsp3) is 0.481. The lowest BCUT2D eigenvalue weighted by Crippen LogP contribution is -2.34. The van der Waals surface area contributed by atoms with Crippen LogP contribution in [-0.2, 0) is 0 Å². The summed E-state index contributed by atoms with van der Waals surface area (Å²) in [5, 5.41) is 0. The van der Waals surface area contributed by atoms with Crippen LogP contribution in [0.2, 0.25) is 0 Å². The Morgan fingerprint density at radius 2 is 0.800 bits per heavy atom. The molecule has 162 valence electrons. The van der Waals surface area contributed by atoms with Gasteiger partial charge in [0.1, 0.15) is 0 Å². The zero-order valence-electron chi connectivity index (χ0n) is 19.8. The maximum absolute atomic E-state index is 7.03. The third-order valence-electron chi connectivity index (χ3n) is 6.03. The highest BCUT2D eigenvalue weighted by Crippen LogP contribution is 2.36. The van der Waals surface area contributed by atoms with E-state index in [4.69, 9.17) is 11.6 Å². The van der Waals surface area contributed by atoms with Crippen LogP contribution in [0.4, 0.5) is 11.4 Å². The van der Waals surface area contributed by atoms with Crippen LogP contribution in [0.15, 0.2) is 48.8 Å². The fourth-order valence-electron chi connectivity index (χ4n) is 3.79. The number of benzene rings is 2. The number of anilines is 2. The van der Waals surface area contributed by atoms with Crippen molar-refractivity contribution in [3.8, 4) is 0 Å². The van der Waals surface area contributed by atoms with Gasteiger partial charge in [0.25, 0.3) is 0 Å². The van der Waals surface area contributed by atoms with Gasteiger partial charge in [0, 0.05) is 23.8 Å². The third-order valence-corrected chi connectivity index (χ3v) is 6.46. The molecule has 0 radical (unpaired) electrons. The van der Waals surface area contributed by atoms with Crippen LogP contribution < -0.4 is 9.80 Å². The first-order chi connectivity index (χ1) is 14.1. The molecule has 2 aromatic rings. The molecule has 3 rings (SSSR count). The maximum Gasteiger partial charge on any atom is 0.187 e. The number of nitrogens with zero attached hydrogens (tertiary/aromatic N) is 2. The van der Waals surface area contributed by atoms with Gasteiger partial charge >= 0.3 is 0 Å². The SMILES string of the molecule is CC(C)c1cc(C(C)C)cc(N2C=CN(c3cc(C(C)C)cc(C(C)C)c3)C2Cl)c1.